The molecule has 0 saturated carbocycles. The van der Waals surface area contributed by atoms with Crippen molar-refractivity contribution in [2.45, 2.75) is 6.54 Å². The van der Waals surface area contributed by atoms with Crippen LogP contribution in [-0.2, 0) is 11.3 Å². The first-order chi connectivity index (χ1) is 16.7. The minimum absolute atomic E-state index is 0.183. The summed E-state index contributed by atoms with van der Waals surface area (Å²) >= 11 is 0. The zero-order valence-electron chi connectivity index (χ0n) is 18.4. The van der Waals surface area contributed by atoms with Gasteiger partial charge < -0.3 is 19.5 Å². The van der Waals surface area contributed by atoms with Crippen molar-refractivity contribution in [2.24, 2.45) is 0 Å². The number of carbonyl (C=O) groups is 1. The van der Waals surface area contributed by atoms with E-state index in [0.717, 1.165) is 60.4 Å². The maximum absolute atomic E-state index is 13.0. The van der Waals surface area contributed by atoms with Crippen molar-refractivity contribution in [1.82, 2.24) is 20.1 Å². The van der Waals surface area contributed by atoms with Crippen LogP contribution in [0.3, 0.4) is 0 Å². The Labute approximate surface area is 195 Å². The molecule has 1 amide bonds. The van der Waals surface area contributed by atoms with Gasteiger partial charge in [-0.3, -0.25) is 19.8 Å². The maximum atomic E-state index is 13.0. The van der Waals surface area contributed by atoms with E-state index < -0.39 is 0 Å². The molecule has 0 atom stereocenters. The Morgan fingerprint density at radius 2 is 1.88 bits per heavy atom. The first-order valence-electron chi connectivity index (χ1n) is 11.2. The number of benzene rings is 2. The Kier molecular flexibility index (Phi) is 5.32. The summed E-state index contributed by atoms with van der Waals surface area (Å²) in [4.78, 5) is 19.8. The van der Waals surface area contributed by atoms with Gasteiger partial charge in [0.1, 0.15) is 0 Å². The third-order valence-corrected chi connectivity index (χ3v) is 6.05. The molecule has 0 bridgehead atoms. The van der Waals surface area contributed by atoms with E-state index in [0.29, 0.717) is 22.9 Å². The van der Waals surface area contributed by atoms with E-state index in [1.165, 1.54) is 0 Å². The number of ether oxygens (including phenoxy) is 3. The van der Waals surface area contributed by atoms with Gasteiger partial charge in [-0.15, -0.1) is 0 Å². The van der Waals surface area contributed by atoms with Crippen molar-refractivity contribution in [1.29, 1.82) is 0 Å². The van der Waals surface area contributed by atoms with Crippen LogP contribution in [0.1, 0.15) is 16.1 Å². The number of amides is 1. The van der Waals surface area contributed by atoms with Crippen molar-refractivity contribution in [3.8, 4) is 22.6 Å². The predicted octanol–water partition coefficient (Wildman–Crippen LogP) is 3.44. The molecule has 0 spiro atoms. The van der Waals surface area contributed by atoms with Crippen LogP contribution in [0.15, 0.2) is 54.9 Å². The van der Waals surface area contributed by atoms with Gasteiger partial charge in [-0.2, -0.15) is 5.10 Å². The van der Waals surface area contributed by atoms with Crippen LogP contribution < -0.4 is 14.8 Å². The van der Waals surface area contributed by atoms with Gasteiger partial charge in [-0.1, -0.05) is 6.07 Å². The lowest BCUT2D eigenvalue weighted by Crippen LogP contribution is -2.35. The Morgan fingerprint density at radius 3 is 2.79 bits per heavy atom. The average Bonchev–Trinajstić information content (AvgIpc) is 3.51. The van der Waals surface area contributed by atoms with Crippen molar-refractivity contribution < 1.29 is 19.0 Å². The fraction of sp³-hybridized carbons (Fsp3) is 0.240. The second-order valence-corrected chi connectivity index (χ2v) is 8.33. The first-order valence-corrected chi connectivity index (χ1v) is 11.2. The van der Waals surface area contributed by atoms with E-state index >= 15 is 0 Å². The van der Waals surface area contributed by atoms with Crippen LogP contribution in [0.5, 0.6) is 11.5 Å². The van der Waals surface area contributed by atoms with Gasteiger partial charge in [-0.25, -0.2) is 0 Å². The Bertz CT molecular complexity index is 1360. The predicted molar refractivity (Wildman–Crippen MR) is 126 cm³/mol. The molecular formula is C25H23N5O4. The van der Waals surface area contributed by atoms with Crippen LogP contribution in [-0.4, -0.2) is 59.1 Å². The normalized spacial score (nSPS) is 15.5. The van der Waals surface area contributed by atoms with Gasteiger partial charge in [0, 0.05) is 54.7 Å². The van der Waals surface area contributed by atoms with Crippen molar-refractivity contribution in [2.75, 3.05) is 38.4 Å². The second-order valence-electron chi connectivity index (χ2n) is 8.33. The topological polar surface area (TPSA) is 102 Å². The molecule has 6 rings (SSSR count). The molecule has 2 aromatic carbocycles. The number of hydrogen-bond acceptors (Lipinski definition) is 7. The number of fused-ring (bicyclic) bond motifs is 2. The number of H-pyrrole nitrogens is 1. The fourth-order valence-electron chi connectivity index (χ4n) is 4.28. The molecule has 0 aliphatic carbocycles. The number of hydrogen-bond donors (Lipinski definition) is 2. The SMILES string of the molecule is O=C(Nc1ccc2c(c1)OCO2)c1n[nH]c2ccc(-c3cncc(CN4CCOCC4)c3)cc12. The van der Waals surface area contributed by atoms with E-state index in [4.69, 9.17) is 14.2 Å². The molecular weight excluding hydrogens is 434 g/mol. The summed E-state index contributed by atoms with van der Waals surface area (Å²) in [5.41, 5.74) is 4.84. The number of anilines is 1. The molecule has 0 radical (unpaired) electrons. The Balaban J connectivity index is 1.25. The lowest BCUT2D eigenvalue weighted by molar-refractivity contribution is 0.0341. The molecule has 172 valence electrons. The maximum Gasteiger partial charge on any atom is 0.276 e. The van der Waals surface area contributed by atoms with Crippen LogP contribution in [0.2, 0.25) is 0 Å². The van der Waals surface area contributed by atoms with Gasteiger partial charge in [0.15, 0.2) is 17.2 Å². The molecule has 0 unspecified atom stereocenters. The molecule has 2 aliphatic heterocycles. The standard InChI is InChI=1S/C25H23N5O4/c31-25(27-19-2-4-22-23(11-19)34-15-33-22)24-20-10-17(1-3-21(20)28-29-24)18-9-16(12-26-13-18)14-30-5-7-32-8-6-30/h1-4,9-13H,5-8,14-15H2,(H,27,31)(H,28,29). The average molecular weight is 457 g/mol. The van der Waals surface area contributed by atoms with Crippen LogP contribution in [0.25, 0.3) is 22.0 Å². The molecule has 9 heteroatoms. The molecule has 2 aromatic heterocycles. The van der Waals surface area contributed by atoms with Crippen LogP contribution >= 0.6 is 0 Å². The molecule has 1 fully saturated rings. The smallest absolute Gasteiger partial charge is 0.276 e. The van der Waals surface area contributed by atoms with Crippen molar-refractivity contribution >= 4 is 22.5 Å². The van der Waals surface area contributed by atoms with E-state index in [9.17, 15) is 4.79 Å². The highest BCUT2D eigenvalue weighted by Gasteiger charge is 2.18. The summed E-state index contributed by atoms with van der Waals surface area (Å²) in [5, 5.41) is 10.9. The summed E-state index contributed by atoms with van der Waals surface area (Å²) in [6.45, 7) is 4.40. The van der Waals surface area contributed by atoms with Crippen LogP contribution in [0.4, 0.5) is 5.69 Å². The van der Waals surface area contributed by atoms with E-state index in [-0.39, 0.29) is 12.7 Å². The molecule has 9 nitrogen and oxygen atoms in total. The number of pyridine rings is 1. The molecule has 34 heavy (non-hydrogen) atoms. The first kappa shape index (κ1) is 20.6. The van der Waals surface area contributed by atoms with Gasteiger partial charge in [0.05, 0.1) is 18.7 Å². The molecule has 2 aliphatic rings. The van der Waals surface area contributed by atoms with E-state index in [2.05, 4.69) is 31.5 Å². The van der Waals surface area contributed by atoms with Crippen molar-refractivity contribution in [3.63, 3.8) is 0 Å². The van der Waals surface area contributed by atoms with E-state index in [1.807, 2.05) is 30.6 Å². The molecule has 1 saturated heterocycles. The fourth-order valence-corrected chi connectivity index (χ4v) is 4.28. The monoisotopic (exact) mass is 457 g/mol. The third-order valence-electron chi connectivity index (χ3n) is 6.05. The molecule has 4 aromatic rings. The Hall–Kier alpha value is -3.95. The van der Waals surface area contributed by atoms with Crippen LogP contribution in [0, 0.1) is 0 Å². The number of aromatic amines is 1. The minimum Gasteiger partial charge on any atom is -0.454 e. The quantitative estimate of drug-likeness (QED) is 0.473. The number of carbonyl (C=O) groups excluding carboxylic acids is 1. The largest absolute Gasteiger partial charge is 0.454 e. The van der Waals surface area contributed by atoms with Crippen molar-refractivity contribution in [3.05, 3.63) is 66.1 Å². The summed E-state index contributed by atoms with van der Waals surface area (Å²) < 4.78 is 16.2. The number of morpholine rings is 1. The Morgan fingerprint density at radius 1 is 1.00 bits per heavy atom. The zero-order valence-corrected chi connectivity index (χ0v) is 18.4. The number of nitrogens with zero attached hydrogens (tertiary/aromatic N) is 3. The number of nitrogens with one attached hydrogen (secondary N) is 2. The molecule has 4 heterocycles. The summed E-state index contributed by atoms with van der Waals surface area (Å²) in [6.07, 6.45) is 3.75. The highest BCUT2D eigenvalue weighted by atomic mass is 16.7. The highest BCUT2D eigenvalue weighted by Crippen LogP contribution is 2.34. The molecule has 2 N–H and O–H groups in total. The number of rotatable bonds is 5. The van der Waals surface area contributed by atoms with Gasteiger partial charge in [0.2, 0.25) is 6.79 Å². The number of aromatic nitrogens is 3. The zero-order chi connectivity index (χ0) is 22.9. The lowest BCUT2D eigenvalue weighted by atomic mass is 10.0. The highest BCUT2D eigenvalue weighted by molar-refractivity contribution is 6.11. The summed E-state index contributed by atoms with van der Waals surface area (Å²) in [5.74, 6) is 0.968. The van der Waals surface area contributed by atoms with Gasteiger partial charge in [-0.05, 0) is 41.5 Å². The minimum atomic E-state index is -0.304. The summed E-state index contributed by atoms with van der Waals surface area (Å²) in [6, 6.07) is 13.4. The summed E-state index contributed by atoms with van der Waals surface area (Å²) in [7, 11) is 0. The van der Waals surface area contributed by atoms with Gasteiger partial charge >= 0.3 is 0 Å². The van der Waals surface area contributed by atoms with Gasteiger partial charge in [0.25, 0.3) is 5.91 Å². The second kappa shape index (κ2) is 8.77. The lowest BCUT2D eigenvalue weighted by Gasteiger charge is -2.26. The third kappa shape index (κ3) is 4.07. The van der Waals surface area contributed by atoms with E-state index in [1.54, 1.807) is 18.2 Å².